The Morgan fingerprint density at radius 2 is 2.10 bits per heavy atom. The van der Waals surface area contributed by atoms with Crippen LogP contribution in [0, 0.1) is 6.92 Å². The van der Waals surface area contributed by atoms with Crippen molar-refractivity contribution in [2.75, 3.05) is 6.54 Å². The first-order valence-electron chi connectivity index (χ1n) is 7.66. The van der Waals surface area contributed by atoms with Crippen LogP contribution in [0.4, 0.5) is 0 Å². The number of pyridine rings is 1. The summed E-state index contributed by atoms with van der Waals surface area (Å²) in [7, 11) is 0. The summed E-state index contributed by atoms with van der Waals surface area (Å²) in [6.45, 7) is 9.50. The van der Waals surface area contributed by atoms with Crippen LogP contribution in [0.15, 0.2) is 24.7 Å². The molecule has 0 aliphatic carbocycles. The summed E-state index contributed by atoms with van der Waals surface area (Å²) in [5.74, 6) is 1.00. The third kappa shape index (κ3) is 3.88. The first-order valence-corrected chi connectivity index (χ1v) is 7.66. The second kappa shape index (κ2) is 7.31. The number of aryl methyl sites for hydroxylation is 1. The molecular formula is C16H25N5. The molecule has 0 saturated carbocycles. The van der Waals surface area contributed by atoms with Crippen LogP contribution in [0.3, 0.4) is 0 Å². The second-order valence-corrected chi connectivity index (χ2v) is 5.63. The SMILES string of the molecule is CCCNC(Cc1ncnn1C(C)C)c1ncccc1C. The number of nitrogens with one attached hydrogen (secondary N) is 1. The van der Waals surface area contributed by atoms with Gasteiger partial charge in [-0.2, -0.15) is 5.10 Å². The molecule has 2 aromatic rings. The highest BCUT2D eigenvalue weighted by atomic mass is 15.3. The molecule has 0 spiro atoms. The van der Waals surface area contributed by atoms with Crippen molar-refractivity contribution in [3.63, 3.8) is 0 Å². The smallest absolute Gasteiger partial charge is 0.138 e. The van der Waals surface area contributed by atoms with Crippen molar-refractivity contribution in [2.45, 2.75) is 52.6 Å². The Labute approximate surface area is 126 Å². The standard InChI is InChI=1S/C16H25N5/c1-5-8-17-14(16-13(4)7-6-9-18-16)10-15-19-11-20-21(15)12(2)3/h6-7,9,11-12,14,17H,5,8,10H2,1-4H3. The quantitative estimate of drug-likeness (QED) is 0.851. The number of nitrogens with zero attached hydrogens (tertiary/aromatic N) is 4. The molecule has 2 aromatic heterocycles. The van der Waals surface area contributed by atoms with Crippen molar-refractivity contribution in [3.8, 4) is 0 Å². The summed E-state index contributed by atoms with van der Waals surface area (Å²) >= 11 is 0. The van der Waals surface area contributed by atoms with Gasteiger partial charge in [-0.05, 0) is 45.4 Å². The van der Waals surface area contributed by atoms with Crippen LogP contribution in [0.1, 0.15) is 56.4 Å². The third-order valence-electron chi connectivity index (χ3n) is 3.54. The van der Waals surface area contributed by atoms with Crippen molar-refractivity contribution < 1.29 is 0 Å². The predicted octanol–water partition coefficient (Wildman–Crippen LogP) is 2.85. The lowest BCUT2D eigenvalue weighted by atomic mass is 10.0. The molecule has 114 valence electrons. The van der Waals surface area contributed by atoms with Gasteiger partial charge in [0.25, 0.3) is 0 Å². The van der Waals surface area contributed by atoms with Gasteiger partial charge in [0.15, 0.2) is 0 Å². The molecule has 1 N–H and O–H groups in total. The van der Waals surface area contributed by atoms with Crippen LogP contribution < -0.4 is 5.32 Å². The lowest BCUT2D eigenvalue weighted by Gasteiger charge is -2.20. The van der Waals surface area contributed by atoms with Crippen molar-refractivity contribution in [3.05, 3.63) is 41.7 Å². The fourth-order valence-electron chi connectivity index (χ4n) is 2.48. The predicted molar refractivity (Wildman–Crippen MR) is 84.1 cm³/mol. The maximum Gasteiger partial charge on any atom is 0.138 e. The Morgan fingerprint density at radius 1 is 1.29 bits per heavy atom. The van der Waals surface area contributed by atoms with E-state index < -0.39 is 0 Å². The van der Waals surface area contributed by atoms with E-state index in [-0.39, 0.29) is 6.04 Å². The zero-order valence-corrected chi connectivity index (χ0v) is 13.4. The largest absolute Gasteiger partial charge is 0.308 e. The summed E-state index contributed by atoms with van der Waals surface area (Å²) in [6, 6.07) is 4.58. The maximum atomic E-state index is 4.57. The van der Waals surface area contributed by atoms with Crippen LogP contribution in [-0.2, 0) is 6.42 Å². The van der Waals surface area contributed by atoms with E-state index in [1.807, 2.05) is 16.9 Å². The number of aromatic nitrogens is 4. The minimum absolute atomic E-state index is 0.174. The molecule has 0 bridgehead atoms. The zero-order valence-electron chi connectivity index (χ0n) is 13.4. The van der Waals surface area contributed by atoms with E-state index in [9.17, 15) is 0 Å². The van der Waals surface area contributed by atoms with Gasteiger partial charge in [-0.3, -0.25) is 4.98 Å². The highest BCUT2D eigenvalue weighted by Gasteiger charge is 2.19. The van der Waals surface area contributed by atoms with Gasteiger partial charge in [-0.1, -0.05) is 13.0 Å². The van der Waals surface area contributed by atoms with Crippen LogP contribution in [0.5, 0.6) is 0 Å². The molecule has 5 nitrogen and oxygen atoms in total. The average molecular weight is 287 g/mol. The number of hydrogen-bond acceptors (Lipinski definition) is 4. The lowest BCUT2D eigenvalue weighted by Crippen LogP contribution is -2.27. The molecule has 0 aliphatic heterocycles. The van der Waals surface area contributed by atoms with Gasteiger partial charge in [0.05, 0.1) is 11.7 Å². The Bertz CT molecular complexity index is 561. The molecule has 1 unspecified atom stereocenters. The van der Waals surface area contributed by atoms with E-state index in [1.54, 1.807) is 6.33 Å². The zero-order chi connectivity index (χ0) is 15.2. The van der Waals surface area contributed by atoms with Gasteiger partial charge in [0.1, 0.15) is 12.2 Å². The van der Waals surface area contributed by atoms with E-state index in [4.69, 9.17) is 0 Å². The second-order valence-electron chi connectivity index (χ2n) is 5.63. The molecule has 0 amide bonds. The first-order chi connectivity index (χ1) is 10.1. The summed E-state index contributed by atoms with van der Waals surface area (Å²) in [6.07, 6.45) is 5.39. The van der Waals surface area contributed by atoms with E-state index in [2.05, 4.69) is 54.1 Å². The summed E-state index contributed by atoms with van der Waals surface area (Å²) in [4.78, 5) is 8.99. The maximum absolute atomic E-state index is 4.57. The first kappa shape index (κ1) is 15.6. The van der Waals surface area contributed by atoms with Crippen LogP contribution in [0.25, 0.3) is 0 Å². The van der Waals surface area contributed by atoms with Crippen molar-refractivity contribution in [1.29, 1.82) is 0 Å². The highest BCUT2D eigenvalue weighted by Crippen LogP contribution is 2.20. The van der Waals surface area contributed by atoms with Crippen molar-refractivity contribution in [1.82, 2.24) is 25.1 Å². The monoisotopic (exact) mass is 287 g/mol. The molecule has 0 aliphatic rings. The Morgan fingerprint density at radius 3 is 2.76 bits per heavy atom. The molecular weight excluding hydrogens is 262 g/mol. The minimum atomic E-state index is 0.174. The van der Waals surface area contributed by atoms with Crippen LogP contribution in [-0.4, -0.2) is 26.3 Å². The Kier molecular flexibility index (Phi) is 5.44. The summed E-state index contributed by atoms with van der Waals surface area (Å²) in [5.41, 5.74) is 2.31. The minimum Gasteiger partial charge on any atom is -0.308 e. The van der Waals surface area contributed by atoms with Crippen LogP contribution >= 0.6 is 0 Å². The topological polar surface area (TPSA) is 55.6 Å². The fourth-order valence-corrected chi connectivity index (χ4v) is 2.48. The van der Waals surface area contributed by atoms with E-state index in [0.29, 0.717) is 6.04 Å². The van der Waals surface area contributed by atoms with Gasteiger partial charge < -0.3 is 5.32 Å². The third-order valence-corrected chi connectivity index (χ3v) is 3.54. The summed E-state index contributed by atoms with van der Waals surface area (Å²) in [5, 5.41) is 7.91. The van der Waals surface area contributed by atoms with E-state index >= 15 is 0 Å². The molecule has 1 atom stereocenters. The van der Waals surface area contributed by atoms with E-state index in [1.165, 1.54) is 5.56 Å². The molecule has 2 heterocycles. The molecule has 0 saturated heterocycles. The van der Waals surface area contributed by atoms with Gasteiger partial charge in [0.2, 0.25) is 0 Å². The van der Waals surface area contributed by atoms with Crippen molar-refractivity contribution in [2.24, 2.45) is 0 Å². The van der Waals surface area contributed by atoms with Gasteiger partial charge in [-0.15, -0.1) is 0 Å². The normalized spacial score (nSPS) is 12.8. The number of rotatable bonds is 7. The van der Waals surface area contributed by atoms with Gasteiger partial charge in [-0.25, -0.2) is 9.67 Å². The van der Waals surface area contributed by atoms with Gasteiger partial charge >= 0.3 is 0 Å². The molecule has 21 heavy (non-hydrogen) atoms. The average Bonchev–Trinajstić information content (AvgIpc) is 2.92. The van der Waals surface area contributed by atoms with Crippen molar-refractivity contribution >= 4 is 0 Å². The lowest BCUT2D eigenvalue weighted by molar-refractivity contribution is 0.457. The Balaban J connectivity index is 2.24. The Hall–Kier alpha value is -1.75. The highest BCUT2D eigenvalue weighted by molar-refractivity contribution is 5.22. The van der Waals surface area contributed by atoms with Crippen LogP contribution in [0.2, 0.25) is 0 Å². The fraction of sp³-hybridized carbons (Fsp3) is 0.562. The molecule has 5 heteroatoms. The number of hydrogen-bond donors (Lipinski definition) is 1. The summed E-state index contributed by atoms with van der Waals surface area (Å²) < 4.78 is 1.99. The molecule has 2 rings (SSSR count). The molecule has 0 aromatic carbocycles. The van der Waals surface area contributed by atoms with Gasteiger partial charge in [0, 0.05) is 18.7 Å². The molecule has 0 radical (unpaired) electrons. The van der Waals surface area contributed by atoms with E-state index in [0.717, 1.165) is 30.9 Å². The molecule has 0 fully saturated rings.